The highest BCUT2D eigenvalue weighted by Gasteiger charge is 2.25. The summed E-state index contributed by atoms with van der Waals surface area (Å²) in [5, 5.41) is 21.3. The van der Waals surface area contributed by atoms with E-state index in [1.54, 1.807) is 6.07 Å². The minimum atomic E-state index is -4.30. The van der Waals surface area contributed by atoms with Gasteiger partial charge < -0.3 is 9.84 Å². The summed E-state index contributed by atoms with van der Waals surface area (Å²) >= 11 is 0. The monoisotopic (exact) mass is 479 g/mol. The number of anilines is 2. The third-order valence-electron chi connectivity index (χ3n) is 4.21. The Morgan fingerprint density at radius 2 is 1.53 bits per heavy atom. The summed E-state index contributed by atoms with van der Waals surface area (Å²) in [4.78, 5) is 10.0. The normalized spacial score (nSPS) is 11.5. The number of phenolic OH excluding ortho intramolecular Hbond substituents is 1. The van der Waals surface area contributed by atoms with Gasteiger partial charge in [0.15, 0.2) is 11.5 Å². The maximum atomic E-state index is 12.7. The maximum Gasteiger partial charge on any atom is 0.294 e. The molecule has 168 valence electrons. The molecule has 3 aromatic carbocycles. The van der Waals surface area contributed by atoms with Gasteiger partial charge >= 0.3 is 0 Å². The molecule has 0 heterocycles. The molecule has 0 aliphatic heterocycles. The number of hydrogen-bond donors (Lipinski definition) is 3. The zero-order chi connectivity index (χ0) is 23.5. The smallest absolute Gasteiger partial charge is 0.294 e. The summed E-state index contributed by atoms with van der Waals surface area (Å²) in [6, 6.07) is 13.7. The fourth-order valence-electron chi connectivity index (χ4n) is 2.69. The largest absolute Gasteiger partial charge is 0.504 e. The molecule has 0 saturated carbocycles. The number of nitrogens with zero attached hydrogens (tertiary/aromatic N) is 1. The lowest BCUT2D eigenvalue weighted by atomic mass is 10.3. The second kappa shape index (κ2) is 8.72. The number of nitro benzene ring substituents is 1. The van der Waals surface area contributed by atoms with Gasteiger partial charge in [0.25, 0.3) is 25.7 Å². The molecule has 0 unspecified atom stereocenters. The number of ether oxygens (including phenoxy) is 1. The van der Waals surface area contributed by atoms with Gasteiger partial charge in [-0.1, -0.05) is 18.2 Å². The van der Waals surface area contributed by atoms with Crippen LogP contribution in [0.4, 0.5) is 17.1 Å². The molecule has 0 aliphatic rings. The summed E-state index contributed by atoms with van der Waals surface area (Å²) in [6.45, 7) is 0. The molecule has 13 heteroatoms. The van der Waals surface area contributed by atoms with Gasteiger partial charge in [0.05, 0.1) is 27.5 Å². The third kappa shape index (κ3) is 4.90. The second-order valence-electron chi connectivity index (χ2n) is 6.35. The number of sulfonamides is 2. The van der Waals surface area contributed by atoms with Crippen LogP contribution in [0.3, 0.4) is 0 Å². The predicted molar refractivity (Wildman–Crippen MR) is 116 cm³/mol. The molecule has 3 N–H and O–H groups in total. The molecule has 0 bridgehead atoms. The molecular weight excluding hydrogens is 462 g/mol. The highest BCUT2D eigenvalue weighted by molar-refractivity contribution is 7.93. The summed E-state index contributed by atoms with van der Waals surface area (Å²) in [5.74, 6) is -0.192. The molecule has 0 radical (unpaired) electrons. The topological polar surface area (TPSA) is 165 Å². The molecule has 0 atom stereocenters. The van der Waals surface area contributed by atoms with Gasteiger partial charge in [-0.05, 0) is 36.4 Å². The first-order chi connectivity index (χ1) is 15.0. The van der Waals surface area contributed by atoms with Crippen LogP contribution in [0.25, 0.3) is 0 Å². The van der Waals surface area contributed by atoms with Crippen molar-refractivity contribution >= 4 is 37.1 Å². The molecule has 0 fully saturated rings. The number of nitrogens with one attached hydrogen (secondary N) is 2. The Morgan fingerprint density at radius 1 is 0.875 bits per heavy atom. The Morgan fingerprint density at radius 3 is 2.12 bits per heavy atom. The van der Waals surface area contributed by atoms with Crippen molar-refractivity contribution in [3.8, 4) is 11.5 Å². The number of methoxy groups -OCH3 is 1. The van der Waals surface area contributed by atoms with Crippen molar-refractivity contribution < 1.29 is 31.6 Å². The number of nitro groups is 1. The lowest BCUT2D eigenvalue weighted by Gasteiger charge is -2.12. The molecule has 32 heavy (non-hydrogen) atoms. The van der Waals surface area contributed by atoms with Crippen LogP contribution >= 0.6 is 0 Å². The number of hydrogen-bond acceptors (Lipinski definition) is 8. The van der Waals surface area contributed by atoms with Crippen molar-refractivity contribution in [2.75, 3.05) is 16.6 Å². The van der Waals surface area contributed by atoms with Gasteiger partial charge in [0.2, 0.25) is 0 Å². The van der Waals surface area contributed by atoms with Crippen molar-refractivity contribution in [3.05, 3.63) is 76.8 Å². The zero-order valence-electron chi connectivity index (χ0n) is 16.4. The Labute approximate surface area is 183 Å². The van der Waals surface area contributed by atoms with E-state index < -0.39 is 41.2 Å². The fourth-order valence-corrected chi connectivity index (χ4v) is 4.85. The van der Waals surface area contributed by atoms with Crippen LogP contribution in [0, 0.1) is 10.1 Å². The van der Waals surface area contributed by atoms with E-state index in [2.05, 4.69) is 9.44 Å². The molecule has 0 aromatic heterocycles. The Hall–Kier alpha value is -3.84. The van der Waals surface area contributed by atoms with Crippen LogP contribution in [-0.4, -0.2) is 34.0 Å². The van der Waals surface area contributed by atoms with E-state index in [0.29, 0.717) is 0 Å². The predicted octanol–water partition coefficient (Wildman–Crippen LogP) is 2.91. The van der Waals surface area contributed by atoms with E-state index in [4.69, 9.17) is 4.74 Å². The minimum absolute atomic E-state index is 0.0141. The Balaban J connectivity index is 1.94. The van der Waals surface area contributed by atoms with Crippen LogP contribution in [0.15, 0.2) is 76.5 Å². The molecule has 0 spiro atoms. The van der Waals surface area contributed by atoms with Crippen LogP contribution in [0.5, 0.6) is 11.5 Å². The van der Waals surface area contributed by atoms with Gasteiger partial charge in [-0.2, -0.15) is 0 Å². The highest BCUT2D eigenvalue weighted by atomic mass is 32.2. The van der Waals surface area contributed by atoms with E-state index in [0.717, 1.165) is 24.3 Å². The van der Waals surface area contributed by atoms with Gasteiger partial charge in [-0.25, -0.2) is 16.8 Å². The number of rotatable bonds is 8. The van der Waals surface area contributed by atoms with Crippen molar-refractivity contribution in [1.82, 2.24) is 0 Å². The van der Waals surface area contributed by atoms with E-state index in [-0.39, 0.29) is 22.1 Å². The zero-order valence-corrected chi connectivity index (χ0v) is 18.1. The summed E-state index contributed by atoms with van der Waals surface area (Å²) < 4.78 is 59.5. The van der Waals surface area contributed by atoms with Crippen molar-refractivity contribution in [2.45, 2.75) is 9.79 Å². The lowest BCUT2D eigenvalue weighted by molar-refractivity contribution is -0.384. The molecule has 0 aliphatic carbocycles. The molecule has 11 nitrogen and oxygen atoms in total. The molecule has 0 amide bonds. The number of phenols is 1. The summed E-state index contributed by atoms with van der Waals surface area (Å²) in [7, 11) is -7.11. The van der Waals surface area contributed by atoms with Gasteiger partial charge in [0, 0.05) is 12.1 Å². The van der Waals surface area contributed by atoms with E-state index >= 15 is 0 Å². The average Bonchev–Trinajstić information content (AvgIpc) is 2.74. The summed E-state index contributed by atoms with van der Waals surface area (Å²) in [5.41, 5.74) is -1.18. The van der Waals surface area contributed by atoms with Crippen molar-refractivity contribution in [1.29, 1.82) is 0 Å². The van der Waals surface area contributed by atoms with E-state index in [1.807, 2.05) is 0 Å². The average molecular weight is 479 g/mol. The highest BCUT2D eigenvalue weighted by Crippen LogP contribution is 2.32. The molecule has 3 rings (SSSR count). The minimum Gasteiger partial charge on any atom is -0.504 e. The fraction of sp³-hybridized carbons (Fsp3) is 0.0526. The van der Waals surface area contributed by atoms with Crippen molar-refractivity contribution in [3.63, 3.8) is 0 Å². The first-order valence-electron chi connectivity index (χ1n) is 8.79. The Kier molecular flexibility index (Phi) is 6.23. The molecule has 0 saturated heterocycles. The van der Waals surface area contributed by atoms with E-state index in [9.17, 15) is 32.1 Å². The maximum absolute atomic E-state index is 12.7. The van der Waals surface area contributed by atoms with Gasteiger partial charge in [-0.3, -0.25) is 19.6 Å². The SMILES string of the molecule is COc1ccc(NS(=O)(=O)c2ccc(NS(=O)(=O)c3ccccc3)c([N+](=O)[O-])c2)cc1O. The first kappa shape index (κ1) is 22.8. The van der Waals surface area contributed by atoms with Crippen LogP contribution in [0.2, 0.25) is 0 Å². The third-order valence-corrected chi connectivity index (χ3v) is 6.97. The molecular formula is C19H17N3O8S2. The van der Waals surface area contributed by atoms with Crippen molar-refractivity contribution in [2.24, 2.45) is 0 Å². The molecule has 3 aromatic rings. The lowest BCUT2D eigenvalue weighted by Crippen LogP contribution is -2.16. The first-order valence-corrected chi connectivity index (χ1v) is 11.8. The second-order valence-corrected chi connectivity index (χ2v) is 9.71. The number of benzene rings is 3. The number of aromatic hydroxyl groups is 1. The quantitative estimate of drug-likeness (QED) is 0.328. The van der Waals surface area contributed by atoms with Crippen LogP contribution in [0.1, 0.15) is 0 Å². The standard InChI is InChI=1S/C19H17N3O8S2/c1-30-19-10-7-13(11-18(19)23)20-32(28,29)15-8-9-16(17(12-15)22(24)25)21-31(26,27)14-5-3-2-4-6-14/h2-12,20-21,23H,1H3. The van der Waals surface area contributed by atoms with Crippen LogP contribution in [-0.2, 0) is 20.0 Å². The van der Waals surface area contributed by atoms with Gasteiger partial charge in [-0.15, -0.1) is 0 Å². The summed E-state index contributed by atoms with van der Waals surface area (Å²) in [6.07, 6.45) is 0. The van der Waals surface area contributed by atoms with Gasteiger partial charge in [0.1, 0.15) is 5.69 Å². The van der Waals surface area contributed by atoms with E-state index in [1.165, 1.54) is 43.5 Å². The van der Waals surface area contributed by atoms with Crippen LogP contribution < -0.4 is 14.2 Å². The Bertz CT molecular complexity index is 1370.